The lowest BCUT2D eigenvalue weighted by Crippen LogP contribution is -1.80. The van der Waals surface area contributed by atoms with Gasteiger partial charge in [0.1, 0.15) is 11.5 Å². The van der Waals surface area contributed by atoms with Gasteiger partial charge in [0.25, 0.3) is 0 Å². The number of ether oxygens (including phenoxy) is 2. The van der Waals surface area contributed by atoms with Crippen molar-refractivity contribution >= 4 is 31.4 Å². The molecule has 0 atom stereocenters. The Balaban J connectivity index is 1.81. The van der Waals surface area contributed by atoms with Gasteiger partial charge in [0.05, 0.1) is 14.2 Å². The SMILES string of the molecule is COc1ccc(SSSc2ccc(OC)cc2)cc1. The molecule has 0 amide bonds. The van der Waals surface area contributed by atoms with Crippen LogP contribution in [0.15, 0.2) is 58.3 Å². The molecule has 19 heavy (non-hydrogen) atoms. The van der Waals surface area contributed by atoms with E-state index in [2.05, 4.69) is 24.3 Å². The van der Waals surface area contributed by atoms with Crippen LogP contribution in [0.1, 0.15) is 0 Å². The third kappa shape index (κ3) is 4.60. The average Bonchev–Trinajstić information content (AvgIpc) is 2.49. The Morgan fingerprint density at radius 3 is 1.32 bits per heavy atom. The normalized spacial score (nSPS) is 10.2. The van der Waals surface area contributed by atoms with Gasteiger partial charge in [-0.15, -0.1) is 0 Å². The molecule has 100 valence electrons. The van der Waals surface area contributed by atoms with Crippen LogP contribution in [0.3, 0.4) is 0 Å². The minimum absolute atomic E-state index is 0.886. The summed E-state index contributed by atoms with van der Waals surface area (Å²) in [6, 6.07) is 16.1. The van der Waals surface area contributed by atoms with Gasteiger partial charge >= 0.3 is 0 Å². The Bertz CT molecular complexity index is 450. The number of methoxy groups -OCH3 is 2. The molecule has 2 rings (SSSR count). The van der Waals surface area contributed by atoms with Gasteiger partial charge in [-0.2, -0.15) is 0 Å². The highest BCUT2D eigenvalue weighted by molar-refractivity contribution is 9.09. The minimum Gasteiger partial charge on any atom is -0.497 e. The summed E-state index contributed by atoms with van der Waals surface area (Å²) in [4.78, 5) is 2.43. The van der Waals surface area contributed by atoms with E-state index >= 15 is 0 Å². The molecular formula is C14H14O2S3. The minimum atomic E-state index is 0.886. The highest BCUT2D eigenvalue weighted by atomic mass is 33.5. The van der Waals surface area contributed by atoms with Crippen molar-refractivity contribution in [3.63, 3.8) is 0 Å². The van der Waals surface area contributed by atoms with Gasteiger partial charge in [-0.05, 0) is 79.9 Å². The first-order chi connectivity index (χ1) is 9.31. The number of hydrogen-bond donors (Lipinski definition) is 0. The topological polar surface area (TPSA) is 18.5 Å². The van der Waals surface area contributed by atoms with Crippen LogP contribution in [0.25, 0.3) is 0 Å². The number of rotatable bonds is 6. The fraction of sp³-hybridized carbons (Fsp3) is 0.143. The van der Waals surface area contributed by atoms with Crippen LogP contribution in [0.4, 0.5) is 0 Å². The van der Waals surface area contributed by atoms with Gasteiger partial charge < -0.3 is 9.47 Å². The second kappa shape index (κ2) is 7.62. The van der Waals surface area contributed by atoms with Crippen LogP contribution in [0.2, 0.25) is 0 Å². The third-order valence-electron chi connectivity index (χ3n) is 2.38. The molecule has 2 aromatic carbocycles. The lowest BCUT2D eigenvalue weighted by Gasteiger charge is -2.03. The molecule has 0 aliphatic rings. The molecule has 0 heterocycles. The summed E-state index contributed by atoms with van der Waals surface area (Å²) in [5.41, 5.74) is 0. The van der Waals surface area contributed by atoms with Crippen LogP contribution < -0.4 is 9.47 Å². The summed E-state index contributed by atoms with van der Waals surface area (Å²) >= 11 is 0. The smallest absolute Gasteiger partial charge is 0.118 e. The van der Waals surface area contributed by atoms with E-state index in [0.717, 1.165) is 11.5 Å². The molecule has 0 aromatic heterocycles. The average molecular weight is 310 g/mol. The molecule has 0 aliphatic carbocycles. The maximum atomic E-state index is 5.13. The zero-order valence-electron chi connectivity index (χ0n) is 10.7. The lowest BCUT2D eigenvalue weighted by atomic mass is 10.3. The molecule has 0 bridgehead atoms. The van der Waals surface area contributed by atoms with E-state index in [1.54, 1.807) is 45.6 Å². The summed E-state index contributed by atoms with van der Waals surface area (Å²) in [6.07, 6.45) is 0. The first kappa shape index (κ1) is 14.5. The molecule has 0 aliphatic heterocycles. The quantitative estimate of drug-likeness (QED) is 0.685. The molecule has 0 saturated heterocycles. The molecule has 5 heteroatoms. The zero-order chi connectivity index (χ0) is 13.5. The van der Waals surface area contributed by atoms with Crippen molar-refractivity contribution in [2.24, 2.45) is 0 Å². The highest BCUT2D eigenvalue weighted by Crippen LogP contribution is 2.44. The fourth-order valence-corrected chi connectivity index (χ4v) is 5.00. The molecular weight excluding hydrogens is 296 g/mol. The van der Waals surface area contributed by atoms with E-state index in [1.165, 1.54) is 9.79 Å². The van der Waals surface area contributed by atoms with Gasteiger partial charge in [-0.1, -0.05) is 0 Å². The molecule has 0 unspecified atom stereocenters. The molecule has 0 spiro atoms. The molecule has 2 aromatic rings. The molecule has 2 nitrogen and oxygen atoms in total. The zero-order valence-corrected chi connectivity index (χ0v) is 13.1. The second-order valence-corrected chi connectivity index (χ2v) is 7.63. The first-order valence-corrected chi connectivity index (χ1v) is 9.09. The van der Waals surface area contributed by atoms with E-state index < -0.39 is 0 Å². The number of benzene rings is 2. The van der Waals surface area contributed by atoms with Gasteiger partial charge in [0.15, 0.2) is 0 Å². The van der Waals surface area contributed by atoms with E-state index in [1.807, 2.05) is 24.3 Å². The number of hydrogen-bond acceptors (Lipinski definition) is 5. The van der Waals surface area contributed by atoms with E-state index in [0.29, 0.717) is 0 Å². The van der Waals surface area contributed by atoms with Crippen molar-refractivity contribution in [3.8, 4) is 11.5 Å². The summed E-state index contributed by atoms with van der Waals surface area (Å²) in [7, 11) is 8.57. The van der Waals surface area contributed by atoms with Crippen molar-refractivity contribution in [1.82, 2.24) is 0 Å². The summed E-state index contributed by atoms with van der Waals surface area (Å²) in [5, 5.41) is 0. The monoisotopic (exact) mass is 310 g/mol. The maximum Gasteiger partial charge on any atom is 0.118 e. The summed E-state index contributed by atoms with van der Waals surface area (Å²) in [6.45, 7) is 0. The Hall–Kier alpha value is -0.910. The molecule has 0 N–H and O–H groups in total. The lowest BCUT2D eigenvalue weighted by molar-refractivity contribution is 0.414. The van der Waals surface area contributed by atoms with E-state index in [9.17, 15) is 0 Å². The summed E-state index contributed by atoms with van der Waals surface area (Å²) in [5.74, 6) is 1.77. The largest absolute Gasteiger partial charge is 0.497 e. The van der Waals surface area contributed by atoms with Gasteiger partial charge in [-0.3, -0.25) is 0 Å². The van der Waals surface area contributed by atoms with Gasteiger partial charge in [0.2, 0.25) is 0 Å². The van der Waals surface area contributed by atoms with Gasteiger partial charge in [0, 0.05) is 9.79 Å². The Morgan fingerprint density at radius 1 is 0.632 bits per heavy atom. The summed E-state index contributed by atoms with van der Waals surface area (Å²) < 4.78 is 10.3. The molecule has 0 fully saturated rings. The van der Waals surface area contributed by atoms with Crippen LogP contribution in [0.5, 0.6) is 11.5 Å². The van der Waals surface area contributed by atoms with Crippen molar-refractivity contribution in [2.45, 2.75) is 9.79 Å². The van der Waals surface area contributed by atoms with Crippen LogP contribution >= 0.6 is 31.4 Å². The predicted octanol–water partition coefficient (Wildman–Crippen LogP) is 5.15. The van der Waals surface area contributed by atoms with E-state index in [4.69, 9.17) is 9.47 Å². The van der Waals surface area contributed by atoms with Gasteiger partial charge in [-0.25, -0.2) is 0 Å². The first-order valence-electron chi connectivity index (χ1n) is 5.61. The fourth-order valence-electron chi connectivity index (χ4n) is 1.36. The highest BCUT2D eigenvalue weighted by Gasteiger charge is 1.99. The molecule has 0 radical (unpaired) electrons. The van der Waals surface area contributed by atoms with Crippen molar-refractivity contribution in [1.29, 1.82) is 0 Å². The second-order valence-electron chi connectivity index (χ2n) is 3.59. The van der Waals surface area contributed by atoms with Crippen molar-refractivity contribution in [2.75, 3.05) is 14.2 Å². The maximum absolute atomic E-state index is 5.13. The van der Waals surface area contributed by atoms with E-state index in [-0.39, 0.29) is 0 Å². The molecule has 0 saturated carbocycles. The van der Waals surface area contributed by atoms with Crippen molar-refractivity contribution in [3.05, 3.63) is 48.5 Å². The Kier molecular flexibility index (Phi) is 5.82. The Labute approximate surface area is 125 Å². The standard InChI is InChI=1S/C14H14O2S3/c1-15-11-3-7-13(8-4-11)17-19-18-14-9-5-12(16-2)6-10-14/h3-10H,1-2H3. The third-order valence-corrected chi connectivity index (χ3v) is 6.23. The van der Waals surface area contributed by atoms with Crippen LogP contribution in [0, 0.1) is 0 Å². The predicted molar refractivity (Wildman–Crippen MR) is 85.3 cm³/mol. The Morgan fingerprint density at radius 2 is 1.00 bits per heavy atom. The van der Waals surface area contributed by atoms with Crippen molar-refractivity contribution < 1.29 is 9.47 Å². The van der Waals surface area contributed by atoms with Crippen LogP contribution in [-0.4, -0.2) is 14.2 Å². The van der Waals surface area contributed by atoms with Crippen LogP contribution in [-0.2, 0) is 0 Å².